The highest BCUT2D eigenvalue weighted by Crippen LogP contribution is 2.30. The molecule has 1 saturated heterocycles. The summed E-state index contributed by atoms with van der Waals surface area (Å²) in [6, 6.07) is 8.33. The maximum Gasteiger partial charge on any atom is 0.0916 e. The van der Waals surface area contributed by atoms with Gasteiger partial charge < -0.3 is 9.84 Å². The fourth-order valence-corrected chi connectivity index (χ4v) is 2.23. The number of rotatable bonds is 3. The Morgan fingerprint density at radius 2 is 2.06 bits per heavy atom. The highest BCUT2D eigenvalue weighted by atomic mass is 16.5. The summed E-state index contributed by atoms with van der Waals surface area (Å²) in [5, 5.41) is 10.2. The Hall–Kier alpha value is -0.860. The van der Waals surface area contributed by atoms with Crippen LogP contribution in [0.2, 0.25) is 0 Å². The summed E-state index contributed by atoms with van der Waals surface area (Å²) in [6.45, 7) is 4.86. The molecule has 0 bridgehead atoms. The van der Waals surface area contributed by atoms with Gasteiger partial charge in [0.2, 0.25) is 0 Å². The van der Waals surface area contributed by atoms with Gasteiger partial charge in [0, 0.05) is 13.0 Å². The SMILES string of the molecule is Cc1ccc(CC(O)C2(C)CCCO2)cc1. The Bertz CT molecular complexity index is 336. The summed E-state index contributed by atoms with van der Waals surface area (Å²) in [5.74, 6) is 0. The topological polar surface area (TPSA) is 29.5 Å². The van der Waals surface area contributed by atoms with Crippen molar-refractivity contribution in [3.8, 4) is 0 Å². The molecule has 0 amide bonds. The molecule has 1 N–H and O–H groups in total. The molecule has 1 aliphatic rings. The van der Waals surface area contributed by atoms with E-state index in [1.54, 1.807) is 0 Å². The van der Waals surface area contributed by atoms with E-state index in [1.165, 1.54) is 11.1 Å². The summed E-state index contributed by atoms with van der Waals surface area (Å²) in [6.07, 6.45) is 2.29. The average Bonchev–Trinajstić information content (AvgIpc) is 2.70. The molecule has 0 saturated carbocycles. The first-order chi connectivity index (χ1) is 7.60. The van der Waals surface area contributed by atoms with Crippen molar-refractivity contribution in [1.82, 2.24) is 0 Å². The van der Waals surface area contributed by atoms with Crippen LogP contribution in [0.25, 0.3) is 0 Å². The van der Waals surface area contributed by atoms with E-state index in [9.17, 15) is 5.11 Å². The summed E-state index contributed by atoms with van der Waals surface area (Å²) in [5.41, 5.74) is 2.08. The van der Waals surface area contributed by atoms with Crippen LogP contribution in [-0.2, 0) is 11.2 Å². The summed E-state index contributed by atoms with van der Waals surface area (Å²) >= 11 is 0. The maximum absolute atomic E-state index is 10.2. The van der Waals surface area contributed by atoms with E-state index in [0.29, 0.717) is 6.42 Å². The van der Waals surface area contributed by atoms with Gasteiger partial charge >= 0.3 is 0 Å². The van der Waals surface area contributed by atoms with Crippen LogP contribution in [0.5, 0.6) is 0 Å². The number of hydrogen-bond donors (Lipinski definition) is 1. The number of aliphatic hydroxyl groups excluding tert-OH is 1. The Balaban J connectivity index is 2.01. The zero-order valence-electron chi connectivity index (χ0n) is 10.1. The van der Waals surface area contributed by atoms with Crippen LogP contribution in [0.15, 0.2) is 24.3 Å². The maximum atomic E-state index is 10.2. The van der Waals surface area contributed by atoms with Crippen molar-refractivity contribution in [1.29, 1.82) is 0 Å². The Morgan fingerprint density at radius 3 is 2.62 bits per heavy atom. The lowest BCUT2D eigenvalue weighted by atomic mass is 9.91. The first-order valence-corrected chi connectivity index (χ1v) is 5.98. The lowest BCUT2D eigenvalue weighted by molar-refractivity contribution is -0.0768. The lowest BCUT2D eigenvalue weighted by Gasteiger charge is -2.29. The van der Waals surface area contributed by atoms with Gasteiger partial charge in [-0.1, -0.05) is 29.8 Å². The zero-order valence-corrected chi connectivity index (χ0v) is 10.1. The van der Waals surface area contributed by atoms with Gasteiger partial charge in [-0.25, -0.2) is 0 Å². The third-order valence-electron chi connectivity index (χ3n) is 3.50. The Kier molecular flexibility index (Phi) is 3.31. The molecule has 0 spiro atoms. The fraction of sp³-hybridized carbons (Fsp3) is 0.571. The first kappa shape index (κ1) is 11.6. The van der Waals surface area contributed by atoms with Crippen molar-refractivity contribution in [3.63, 3.8) is 0 Å². The van der Waals surface area contributed by atoms with Gasteiger partial charge in [0.25, 0.3) is 0 Å². The van der Waals surface area contributed by atoms with Crippen molar-refractivity contribution >= 4 is 0 Å². The molecule has 2 atom stereocenters. The lowest BCUT2D eigenvalue weighted by Crippen LogP contribution is -2.40. The monoisotopic (exact) mass is 220 g/mol. The third kappa shape index (κ3) is 2.45. The molecule has 2 rings (SSSR count). The molecule has 0 radical (unpaired) electrons. The van der Waals surface area contributed by atoms with E-state index in [4.69, 9.17) is 4.74 Å². The number of ether oxygens (including phenoxy) is 1. The van der Waals surface area contributed by atoms with Crippen molar-refractivity contribution < 1.29 is 9.84 Å². The second-order valence-corrected chi connectivity index (χ2v) is 4.97. The third-order valence-corrected chi connectivity index (χ3v) is 3.50. The molecule has 88 valence electrons. The minimum Gasteiger partial charge on any atom is -0.390 e. The molecule has 1 aromatic rings. The van der Waals surface area contributed by atoms with Gasteiger partial charge in [0.1, 0.15) is 0 Å². The molecule has 1 heterocycles. The van der Waals surface area contributed by atoms with Gasteiger partial charge in [-0.3, -0.25) is 0 Å². The van der Waals surface area contributed by atoms with Crippen LogP contribution < -0.4 is 0 Å². The molecule has 2 nitrogen and oxygen atoms in total. The van der Waals surface area contributed by atoms with Crippen LogP contribution in [0.3, 0.4) is 0 Å². The van der Waals surface area contributed by atoms with E-state index in [-0.39, 0.29) is 5.60 Å². The van der Waals surface area contributed by atoms with E-state index < -0.39 is 6.10 Å². The molecular weight excluding hydrogens is 200 g/mol. The Labute approximate surface area is 97.3 Å². The molecule has 1 fully saturated rings. The van der Waals surface area contributed by atoms with Gasteiger partial charge in [-0.15, -0.1) is 0 Å². The summed E-state index contributed by atoms with van der Waals surface area (Å²) in [7, 11) is 0. The Morgan fingerprint density at radius 1 is 1.38 bits per heavy atom. The minimum atomic E-state index is -0.405. The number of benzene rings is 1. The summed E-state index contributed by atoms with van der Waals surface area (Å²) in [4.78, 5) is 0. The van der Waals surface area contributed by atoms with Crippen molar-refractivity contribution in [2.24, 2.45) is 0 Å². The molecule has 1 aromatic carbocycles. The average molecular weight is 220 g/mol. The van der Waals surface area contributed by atoms with Crippen molar-refractivity contribution in [3.05, 3.63) is 35.4 Å². The highest BCUT2D eigenvalue weighted by molar-refractivity contribution is 5.22. The number of hydrogen-bond acceptors (Lipinski definition) is 2. The van der Waals surface area contributed by atoms with Crippen LogP contribution in [-0.4, -0.2) is 23.4 Å². The van der Waals surface area contributed by atoms with Gasteiger partial charge in [-0.05, 0) is 32.3 Å². The predicted molar refractivity (Wildman–Crippen MR) is 64.5 cm³/mol. The molecule has 0 aromatic heterocycles. The van der Waals surface area contributed by atoms with E-state index in [1.807, 2.05) is 6.92 Å². The molecule has 2 heteroatoms. The molecule has 0 aliphatic carbocycles. The number of aryl methyl sites for hydroxylation is 1. The van der Waals surface area contributed by atoms with Crippen LogP contribution in [0.1, 0.15) is 30.9 Å². The van der Waals surface area contributed by atoms with Crippen molar-refractivity contribution in [2.75, 3.05) is 6.61 Å². The normalized spacial score (nSPS) is 26.9. The molecular formula is C14H20O2. The second-order valence-electron chi connectivity index (χ2n) is 4.97. The quantitative estimate of drug-likeness (QED) is 0.848. The molecule has 16 heavy (non-hydrogen) atoms. The van der Waals surface area contributed by atoms with E-state index in [0.717, 1.165) is 19.4 Å². The fourth-order valence-electron chi connectivity index (χ4n) is 2.23. The first-order valence-electron chi connectivity index (χ1n) is 5.98. The van der Waals surface area contributed by atoms with E-state index >= 15 is 0 Å². The molecule has 1 aliphatic heterocycles. The predicted octanol–water partition coefficient (Wildman–Crippen LogP) is 2.47. The second kappa shape index (κ2) is 4.56. The van der Waals surface area contributed by atoms with Crippen LogP contribution in [0.4, 0.5) is 0 Å². The van der Waals surface area contributed by atoms with Gasteiger partial charge in [0.15, 0.2) is 0 Å². The van der Waals surface area contributed by atoms with Crippen LogP contribution >= 0.6 is 0 Å². The smallest absolute Gasteiger partial charge is 0.0916 e. The van der Waals surface area contributed by atoms with Crippen molar-refractivity contribution in [2.45, 2.75) is 44.8 Å². The zero-order chi connectivity index (χ0) is 11.6. The molecule has 2 unspecified atom stereocenters. The minimum absolute atomic E-state index is 0.342. The van der Waals surface area contributed by atoms with Crippen LogP contribution in [0, 0.1) is 6.92 Å². The van der Waals surface area contributed by atoms with E-state index in [2.05, 4.69) is 31.2 Å². The highest BCUT2D eigenvalue weighted by Gasteiger charge is 2.37. The number of aliphatic hydroxyl groups is 1. The largest absolute Gasteiger partial charge is 0.390 e. The summed E-state index contributed by atoms with van der Waals surface area (Å²) < 4.78 is 5.65. The standard InChI is InChI=1S/C14H20O2/c1-11-4-6-12(7-5-11)10-13(15)14(2)8-3-9-16-14/h4-7,13,15H,3,8-10H2,1-2H3. The van der Waals surface area contributed by atoms with Gasteiger partial charge in [0.05, 0.1) is 11.7 Å². The van der Waals surface area contributed by atoms with Gasteiger partial charge in [-0.2, -0.15) is 0 Å².